The average molecular weight is 460 g/mol. The lowest BCUT2D eigenvalue weighted by Crippen LogP contribution is -2.24. The van der Waals surface area contributed by atoms with E-state index < -0.39 is 23.0 Å². The number of hydrogen-bond donors (Lipinski definition) is 1. The predicted molar refractivity (Wildman–Crippen MR) is 117 cm³/mol. The number of anilines is 1. The second kappa shape index (κ2) is 8.61. The van der Waals surface area contributed by atoms with Crippen LogP contribution >= 0.6 is 0 Å². The molecule has 0 atom stereocenters. The van der Waals surface area contributed by atoms with Gasteiger partial charge in [0.2, 0.25) is 17.0 Å². The molecule has 1 saturated carbocycles. The number of carbonyl (C=O) groups excluding carboxylic acids is 1. The fraction of sp³-hybridized carbons (Fsp3) is 0.304. The van der Waals surface area contributed by atoms with E-state index in [4.69, 9.17) is 18.9 Å². The van der Waals surface area contributed by atoms with Crippen LogP contribution in [0.1, 0.15) is 29.2 Å². The number of fused-ring (bicyclic) bond motifs is 1. The van der Waals surface area contributed by atoms with E-state index in [1.54, 1.807) is 4.57 Å². The van der Waals surface area contributed by atoms with Crippen LogP contribution in [-0.2, 0) is 0 Å². The molecule has 0 saturated heterocycles. The number of rotatable bonds is 7. The van der Waals surface area contributed by atoms with Gasteiger partial charge in [0.25, 0.3) is 5.91 Å². The van der Waals surface area contributed by atoms with Crippen LogP contribution in [0.2, 0.25) is 0 Å². The second-order valence-corrected chi connectivity index (χ2v) is 7.48. The van der Waals surface area contributed by atoms with Crippen LogP contribution in [-0.4, -0.2) is 38.9 Å². The van der Waals surface area contributed by atoms with E-state index in [1.165, 1.54) is 46.8 Å². The lowest BCUT2D eigenvalue weighted by Gasteiger charge is -2.17. The lowest BCUT2D eigenvalue weighted by atomic mass is 10.1. The number of nitrogens with zero attached hydrogens (tertiary/aromatic N) is 1. The van der Waals surface area contributed by atoms with E-state index >= 15 is 0 Å². The van der Waals surface area contributed by atoms with Gasteiger partial charge in [-0.2, -0.15) is 4.39 Å². The third-order valence-corrected chi connectivity index (χ3v) is 5.48. The average Bonchev–Trinajstić information content (AvgIpc) is 3.65. The molecule has 174 valence electrons. The maximum atomic E-state index is 14.4. The molecule has 1 fully saturated rings. The fourth-order valence-electron chi connectivity index (χ4n) is 3.77. The van der Waals surface area contributed by atoms with E-state index in [-0.39, 0.29) is 33.9 Å². The molecule has 1 aromatic heterocycles. The fourth-order valence-corrected chi connectivity index (χ4v) is 3.77. The normalized spacial score (nSPS) is 13.0. The first kappa shape index (κ1) is 22.4. The molecule has 0 bridgehead atoms. The van der Waals surface area contributed by atoms with Gasteiger partial charge in [0.1, 0.15) is 5.56 Å². The molecule has 1 amide bonds. The summed E-state index contributed by atoms with van der Waals surface area (Å²) >= 11 is 0. The van der Waals surface area contributed by atoms with Crippen LogP contribution in [0.4, 0.5) is 14.5 Å². The number of benzene rings is 2. The zero-order valence-corrected chi connectivity index (χ0v) is 18.5. The molecule has 0 radical (unpaired) electrons. The van der Waals surface area contributed by atoms with Crippen molar-refractivity contribution in [2.45, 2.75) is 18.9 Å². The maximum Gasteiger partial charge on any atom is 0.261 e. The molecule has 1 aliphatic rings. The molecule has 33 heavy (non-hydrogen) atoms. The Balaban J connectivity index is 1.84. The molecule has 0 aliphatic heterocycles. The summed E-state index contributed by atoms with van der Waals surface area (Å²) in [6.07, 6.45) is 2.90. The molecule has 0 unspecified atom stereocenters. The smallest absolute Gasteiger partial charge is 0.261 e. The van der Waals surface area contributed by atoms with Crippen molar-refractivity contribution < 1.29 is 32.5 Å². The van der Waals surface area contributed by atoms with E-state index in [0.29, 0.717) is 17.2 Å². The number of ether oxygens (including phenoxy) is 4. The van der Waals surface area contributed by atoms with Gasteiger partial charge in [-0.1, -0.05) is 0 Å². The summed E-state index contributed by atoms with van der Waals surface area (Å²) in [6.45, 7) is 0. The zero-order chi connectivity index (χ0) is 23.9. The lowest BCUT2D eigenvalue weighted by molar-refractivity contribution is 0.102. The van der Waals surface area contributed by atoms with Gasteiger partial charge < -0.3 is 28.8 Å². The van der Waals surface area contributed by atoms with Crippen molar-refractivity contribution >= 4 is 22.5 Å². The van der Waals surface area contributed by atoms with Crippen molar-refractivity contribution in [3.8, 4) is 23.0 Å². The summed E-state index contributed by atoms with van der Waals surface area (Å²) < 4.78 is 51.1. The number of methoxy groups -OCH3 is 4. The topological polar surface area (TPSA) is 88.0 Å². The Morgan fingerprint density at radius 1 is 0.970 bits per heavy atom. The highest BCUT2D eigenvalue weighted by atomic mass is 19.2. The summed E-state index contributed by atoms with van der Waals surface area (Å²) in [5.41, 5.74) is -0.566. The van der Waals surface area contributed by atoms with Gasteiger partial charge in [-0.15, -0.1) is 0 Å². The van der Waals surface area contributed by atoms with E-state index in [1.807, 2.05) is 0 Å². The minimum atomic E-state index is -1.24. The van der Waals surface area contributed by atoms with Crippen LogP contribution in [0.25, 0.3) is 10.9 Å². The summed E-state index contributed by atoms with van der Waals surface area (Å²) in [6, 6.07) is 3.76. The van der Waals surface area contributed by atoms with Gasteiger partial charge in [0.15, 0.2) is 23.1 Å². The molecule has 2 aromatic carbocycles. The van der Waals surface area contributed by atoms with Crippen LogP contribution in [0.3, 0.4) is 0 Å². The Kier molecular flexibility index (Phi) is 5.84. The highest BCUT2D eigenvalue weighted by molar-refractivity contribution is 6.06. The van der Waals surface area contributed by atoms with Gasteiger partial charge in [0.05, 0.1) is 39.3 Å². The van der Waals surface area contributed by atoms with Crippen LogP contribution in [0.5, 0.6) is 23.0 Å². The van der Waals surface area contributed by atoms with Crippen molar-refractivity contribution in [2.24, 2.45) is 0 Å². The molecule has 1 heterocycles. The third kappa shape index (κ3) is 3.81. The van der Waals surface area contributed by atoms with Crippen LogP contribution in [0, 0.1) is 11.6 Å². The first-order valence-electron chi connectivity index (χ1n) is 10.1. The maximum absolute atomic E-state index is 14.4. The minimum absolute atomic E-state index is 0.0559. The highest BCUT2D eigenvalue weighted by Crippen LogP contribution is 2.41. The van der Waals surface area contributed by atoms with Gasteiger partial charge in [-0.3, -0.25) is 9.59 Å². The Labute approximate surface area is 187 Å². The van der Waals surface area contributed by atoms with Crippen molar-refractivity contribution in [1.29, 1.82) is 0 Å². The van der Waals surface area contributed by atoms with Crippen molar-refractivity contribution in [1.82, 2.24) is 4.57 Å². The third-order valence-electron chi connectivity index (χ3n) is 5.48. The predicted octanol–water partition coefficient (Wildman–Crippen LogP) is 3.90. The molecular weight excluding hydrogens is 438 g/mol. The number of pyridine rings is 1. The van der Waals surface area contributed by atoms with E-state index in [9.17, 15) is 18.4 Å². The summed E-state index contributed by atoms with van der Waals surface area (Å²) in [7, 11) is 5.51. The minimum Gasteiger partial charge on any atom is -0.493 e. The zero-order valence-electron chi connectivity index (χ0n) is 18.5. The molecule has 1 N–H and O–H groups in total. The first-order chi connectivity index (χ1) is 15.8. The first-order valence-corrected chi connectivity index (χ1v) is 10.1. The molecule has 0 spiro atoms. The number of carbonyl (C=O) groups is 1. The monoisotopic (exact) mass is 460 g/mol. The molecule has 1 aliphatic carbocycles. The van der Waals surface area contributed by atoms with Gasteiger partial charge in [-0.05, 0) is 18.9 Å². The van der Waals surface area contributed by atoms with Gasteiger partial charge in [0, 0.05) is 30.1 Å². The van der Waals surface area contributed by atoms with Gasteiger partial charge in [-0.25, -0.2) is 4.39 Å². The summed E-state index contributed by atoms with van der Waals surface area (Å²) in [5.74, 6) is -2.56. The Morgan fingerprint density at radius 2 is 1.58 bits per heavy atom. The number of halogens is 2. The number of nitrogens with one attached hydrogen (secondary N) is 1. The largest absolute Gasteiger partial charge is 0.493 e. The number of hydrogen-bond acceptors (Lipinski definition) is 6. The van der Waals surface area contributed by atoms with Crippen molar-refractivity contribution in [3.63, 3.8) is 0 Å². The quantitative estimate of drug-likeness (QED) is 0.576. The standard InChI is InChI=1S/C23H22F2N2O6/c1-30-16-7-11(8-17(31-2)21(16)32-3)26-23(29)14-10-27(12-5-6-12)19-13(20(14)28)9-15(24)18(25)22(19)33-4/h7-10,12H,5-6H2,1-4H3,(H,26,29). The summed E-state index contributed by atoms with van der Waals surface area (Å²) in [4.78, 5) is 26.2. The van der Waals surface area contributed by atoms with Gasteiger partial charge >= 0.3 is 0 Å². The van der Waals surface area contributed by atoms with Crippen LogP contribution < -0.4 is 29.7 Å². The van der Waals surface area contributed by atoms with E-state index in [0.717, 1.165) is 18.9 Å². The summed E-state index contributed by atoms with van der Waals surface area (Å²) in [5, 5.41) is 2.50. The molecule has 4 rings (SSSR count). The highest BCUT2D eigenvalue weighted by Gasteiger charge is 2.30. The number of amides is 1. The molecule has 8 nitrogen and oxygen atoms in total. The molecule has 10 heteroatoms. The molecule has 3 aromatic rings. The van der Waals surface area contributed by atoms with Crippen molar-refractivity contribution in [3.05, 3.63) is 51.8 Å². The van der Waals surface area contributed by atoms with E-state index in [2.05, 4.69) is 5.32 Å². The molecular formula is C23H22F2N2O6. The Morgan fingerprint density at radius 3 is 2.09 bits per heavy atom. The Bertz CT molecular complexity index is 1290. The Hall–Kier alpha value is -3.82. The SMILES string of the molecule is COc1cc(NC(=O)c2cn(C3CC3)c3c(OC)c(F)c(F)cc3c2=O)cc(OC)c1OC. The second-order valence-electron chi connectivity index (χ2n) is 7.48. The number of aromatic nitrogens is 1. The van der Waals surface area contributed by atoms with Crippen LogP contribution in [0.15, 0.2) is 29.2 Å². The van der Waals surface area contributed by atoms with Crippen molar-refractivity contribution in [2.75, 3.05) is 33.8 Å².